The van der Waals surface area contributed by atoms with E-state index in [-0.39, 0.29) is 18.4 Å². The first-order chi connectivity index (χ1) is 8.33. The van der Waals surface area contributed by atoms with Crippen molar-refractivity contribution in [3.63, 3.8) is 0 Å². The van der Waals surface area contributed by atoms with Gasteiger partial charge in [0.15, 0.2) is 0 Å². The van der Waals surface area contributed by atoms with Gasteiger partial charge < -0.3 is 9.32 Å². The maximum absolute atomic E-state index is 14.3. The zero-order valence-corrected chi connectivity index (χ0v) is 11.8. The Morgan fingerprint density at radius 2 is 1.89 bits per heavy atom. The smallest absolute Gasteiger partial charge is 0.324 e. The van der Waals surface area contributed by atoms with Crippen molar-refractivity contribution in [3.8, 4) is 0 Å². The van der Waals surface area contributed by atoms with Gasteiger partial charge in [0.25, 0.3) is 7.37 Å². The van der Waals surface area contributed by atoms with Gasteiger partial charge >= 0.3 is 5.66 Å². The first kappa shape index (κ1) is 15.8. The maximum Gasteiger partial charge on any atom is 0.324 e. The molecule has 1 unspecified atom stereocenters. The molecule has 1 aliphatic carbocycles. The minimum Gasteiger partial charge on any atom is -0.328 e. The van der Waals surface area contributed by atoms with Crippen LogP contribution in [-0.4, -0.2) is 24.7 Å². The lowest BCUT2D eigenvalue weighted by atomic mass is 9.89. The number of hydrogen-bond acceptors (Lipinski definition) is 3. The molecule has 1 rings (SSSR count). The molecule has 3 nitrogen and oxygen atoms in total. The molecule has 1 aliphatic rings. The largest absolute Gasteiger partial charge is 0.328 e. The molecule has 0 spiro atoms. The van der Waals surface area contributed by atoms with Crippen molar-refractivity contribution in [1.29, 1.82) is 0 Å². The summed E-state index contributed by atoms with van der Waals surface area (Å²) < 4.78 is 45.6. The van der Waals surface area contributed by atoms with Gasteiger partial charge in [0, 0.05) is 25.6 Å². The Hall–Kier alpha value is -0.280. The Morgan fingerprint density at radius 3 is 2.33 bits per heavy atom. The van der Waals surface area contributed by atoms with E-state index in [1.54, 1.807) is 0 Å². The molecule has 0 heterocycles. The highest BCUT2D eigenvalue weighted by atomic mass is 31.2. The second-order valence-electron chi connectivity index (χ2n) is 4.95. The van der Waals surface area contributed by atoms with Crippen LogP contribution in [0.3, 0.4) is 0 Å². The van der Waals surface area contributed by atoms with Crippen LogP contribution in [0.15, 0.2) is 0 Å². The number of carbonyl (C=O) groups is 1. The van der Waals surface area contributed by atoms with Crippen LogP contribution in [0, 0.1) is 5.92 Å². The Balaban J connectivity index is 2.82. The van der Waals surface area contributed by atoms with Gasteiger partial charge in [-0.3, -0.25) is 4.57 Å². The number of ketones is 1. The average Bonchev–Trinajstić information content (AvgIpc) is 2.36. The highest BCUT2D eigenvalue weighted by Crippen LogP contribution is 2.65. The standard InChI is InChI=1S/C12H21F2O3P/c1-10(15)8-9-18(16,17-2)12(13,14)11-6-4-3-5-7-11/h11H,3-9H2,1-2H3. The molecule has 0 aromatic rings. The fraction of sp³-hybridized carbons (Fsp3) is 0.917. The van der Waals surface area contributed by atoms with Crippen molar-refractivity contribution < 1.29 is 22.7 Å². The Morgan fingerprint density at radius 1 is 1.33 bits per heavy atom. The molecular weight excluding hydrogens is 261 g/mol. The molecule has 0 bridgehead atoms. The molecule has 0 aliphatic heterocycles. The maximum atomic E-state index is 14.3. The van der Waals surface area contributed by atoms with E-state index in [0.717, 1.165) is 26.4 Å². The highest BCUT2D eigenvalue weighted by molar-refractivity contribution is 7.60. The third-order valence-electron chi connectivity index (χ3n) is 3.60. The van der Waals surface area contributed by atoms with E-state index < -0.39 is 19.0 Å². The normalized spacial score (nSPS) is 21.6. The van der Waals surface area contributed by atoms with E-state index in [4.69, 9.17) is 0 Å². The van der Waals surface area contributed by atoms with Crippen LogP contribution in [0.2, 0.25) is 0 Å². The average molecular weight is 282 g/mol. The molecule has 1 atom stereocenters. The lowest BCUT2D eigenvalue weighted by molar-refractivity contribution is -0.116. The molecule has 0 N–H and O–H groups in total. The van der Waals surface area contributed by atoms with Crippen LogP contribution >= 0.6 is 7.37 Å². The molecule has 6 heteroatoms. The molecule has 1 saturated carbocycles. The lowest BCUT2D eigenvalue weighted by Gasteiger charge is -2.34. The molecule has 1 fully saturated rings. The summed E-state index contributed by atoms with van der Waals surface area (Å²) in [6.07, 6.45) is 2.75. The van der Waals surface area contributed by atoms with Gasteiger partial charge in [0.2, 0.25) is 0 Å². The Bertz CT molecular complexity index is 338. The predicted molar refractivity (Wildman–Crippen MR) is 66.3 cm³/mol. The number of alkyl halides is 2. The van der Waals surface area contributed by atoms with Crippen molar-refractivity contribution in [2.45, 2.75) is 51.1 Å². The summed E-state index contributed by atoms with van der Waals surface area (Å²) in [6.45, 7) is 1.30. The molecular formula is C12H21F2O3P. The Labute approximate surface area is 107 Å². The Kier molecular flexibility index (Phi) is 5.47. The molecule has 106 valence electrons. The number of carbonyl (C=O) groups excluding carboxylic acids is 1. The summed E-state index contributed by atoms with van der Waals surface area (Å²) in [5, 5.41) is 0. The quantitative estimate of drug-likeness (QED) is 0.690. The third kappa shape index (κ3) is 3.39. The molecule has 0 saturated heterocycles. The first-order valence-electron chi connectivity index (χ1n) is 6.35. The zero-order chi connectivity index (χ0) is 13.8. The number of halogens is 2. The van der Waals surface area contributed by atoms with Gasteiger partial charge in [-0.25, -0.2) is 0 Å². The van der Waals surface area contributed by atoms with Gasteiger partial charge in [-0.2, -0.15) is 8.78 Å². The molecule has 18 heavy (non-hydrogen) atoms. The van der Waals surface area contributed by atoms with Gasteiger partial charge in [0.05, 0.1) is 0 Å². The second kappa shape index (κ2) is 6.25. The van der Waals surface area contributed by atoms with E-state index in [2.05, 4.69) is 4.52 Å². The van der Waals surface area contributed by atoms with E-state index in [9.17, 15) is 18.1 Å². The van der Waals surface area contributed by atoms with E-state index in [1.807, 2.05) is 0 Å². The SMILES string of the molecule is COP(=O)(CCC(C)=O)C(F)(F)C1CCCCC1. The minimum absolute atomic E-state index is 0.118. The van der Waals surface area contributed by atoms with Gasteiger partial charge in [-0.15, -0.1) is 0 Å². The fourth-order valence-electron chi connectivity index (χ4n) is 2.39. The third-order valence-corrected chi connectivity index (χ3v) is 6.28. The van der Waals surface area contributed by atoms with Crippen LogP contribution in [0.5, 0.6) is 0 Å². The topological polar surface area (TPSA) is 43.4 Å². The van der Waals surface area contributed by atoms with Crippen molar-refractivity contribution in [2.24, 2.45) is 5.92 Å². The molecule has 0 amide bonds. The van der Waals surface area contributed by atoms with Crippen LogP contribution < -0.4 is 0 Å². The van der Waals surface area contributed by atoms with Crippen LogP contribution in [-0.2, 0) is 13.9 Å². The summed E-state index contributed by atoms with van der Waals surface area (Å²) >= 11 is 0. The molecule has 0 radical (unpaired) electrons. The van der Waals surface area contributed by atoms with E-state index in [0.29, 0.717) is 12.8 Å². The van der Waals surface area contributed by atoms with Crippen molar-refractivity contribution in [3.05, 3.63) is 0 Å². The van der Waals surface area contributed by atoms with Gasteiger partial charge in [-0.05, 0) is 19.8 Å². The molecule has 0 aromatic heterocycles. The number of hydrogen-bond donors (Lipinski definition) is 0. The second-order valence-corrected chi connectivity index (χ2v) is 7.71. The summed E-state index contributed by atoms with van der Waals surface area (Å²) in [7, 11) is -3.03. The van der Waals surface area contributed by atoms with Crippen LogP contribution in [0.4, 0.5) is 8.78 Å². The highest BCUT2D eigenvalue weighted by Gasteiger charge is 2.55. The van der Waals surface area contributed by atoms with E-state index in [1.165, 1.54) is 6.92 Å². The number of rotatable bonds is 6. The number of Topliss-reactive ketones (excluding diaryl/α,β-unsaturated/α-hetero) is 1. The summed E-state index contributed by atoms with van der Waals surface area (Å²) in [5.41, 5.74) is -3.31. The van der Waals surface area contributed by atoms with Crippen molar-refractivity contribution in [2.75, 3.05) is 13.3 Å². The van der Waals surface area contributed by atoms with Gasteiger partial charge in [-0.1, -0.05) is 19.3 Å². The monoisotopic (exact) mass is 282 g/mol. The summed E-state index contributed by atoms with van der Waals surface area (Å²) in [5.74, 6) is -1.12. The molecule has 0 aromatic carbocycles. The first-order valence-corrected chi connectivity index (χ1v) is 8.16. The summed E-state index contributed by atoms with van der Waals surface area (Å²) in [4.78, 5) is 10.9. The van der Waals surface area contributed by atoms with Gasteiger partial charge in [0.1, 0.15) is 5.78 Å². The lowest BCUT2D eigenvalue weighted by Crippen LogP contribution is -2.32. The fourth-order valence-corrected chi connectivity index (χ4v) is 4.54. The van der Waals surface area contributed by atoms with Crippen LogP contribution in [0.25, 0.3) is 0 Å². The zero-order valence-electron chi connectivity index (χ0n) is 11.0. The van der Waals surface area contributed by atoms with E-state index >= 15 is 0 Å². The van der Waals surface area contributed by atoms with Crippen molar-refractivity contribution in [1.82, 2.24) is 0 Å². The van der Waals surface area contributed by atoms with Crippen LogP contribution in [0.1, 0.15) is 45.4 Å². The van der Waals surface area contributed by atoms with Crippen molar-refractivity contribution >= 4 is 13.2 Å². The summed E-state index contributed by atoms with van der Waals surface area (Å²) in [6, 6.07) is 0. The minimum atomic E-state index is -4.08. The predicted octanol–water partition coefficient (Wildman–Crippen LogP) is 4.06.